The van der Waals surface area contributed by atoms with E-state index in [0.29, 0.717) is 5.69 Å². The van der Waals surface area contributed by atoms with Crippen molar-refractivity contribution in [3.63, 3.8) is 0 Å². The lowest BCUT2D eigenvalue weighted by Gasteiger charge is -2.30. The number of hydrogen-bond acceptors (Lipinski definition) is 6. The molecule has 0 aliphatic carbocycles. The number of amides is 2. The van der Waals surface area contributed by atoms with Crippen LogP contribution in [-0.4, -0.2) is 40.6 Å². The van der Waals surface area contributed by atoms with E-state index in [1.165, 1.54) is 18.2 Å². The Morgan fingerprint density at radius 3 is 2.58 bits per heavy atom. The van der Waals surface area contributed by atoms with Crippen LogP contribution in [0.1, 0.15) is 44.3 Å². The number of aryl methyl sites for hydroxylation is 1. The maximum Gasteiger partial charge on any atom is 0.412 e. The number of halogens is 1. The van der Waals surface area contributed by atoms with E-state index in [2.05, 4.69) is 25.9 Å². The SMILES string of the molecule is Cc1nc(CN2CCC(C(=O)Nc3ccc(F)c(NC(=O)OC(C)(C)C)c3)CC2)cs1. The molecule has 1 aromatic carbocycles. The van der Waals surface area contributed by atoms with E-state index in [0.717, 1.165) is 43.2 Å². The Hall–Kier alpha value is -2.52. The van der Waals surface area contributed by atoms with Gasteiger partial charge in [0, 0.05) is 23.5 Å². The molecule has 0 radical (unpaired) electrons. The third-order valence-electron chi connectivity index (χ3n) is 4.88. The Bertz CT molecular complexity index is 933. The molecule has 2 heterocycles. The summed E-state index contributed by atoms with van der Waals surface area (Å²) in [7, 11) is 0. The monoisotopic (exact) mass is 448 g/mol. The Balaban J connectivity index is 1.53. The lowest BCUT2D eigenvalue weighted by Crippen LogP contribution is -2.37. The first-order chi connectivity index (χ1) is 14.6. The van der Waals surface area contributed by atoms with Gasteiger partial charge in [0.05, 0.1) is 16.4 Å². The summed E-state index contributed by atoms with van der Waals surface area (Å²) in [5.74, 6) is -0.811. The van der Waals surface area contributed by atoms with Gasteiger partial charge in [-0.3, -0.25) is 15.0 Å². The summed E-state index contributed by atoms with van der Waals surface area (Å²) in [6, 6.07) is 4.09. The van der Waals surface area contributed by atoms with Crippen molar-refractivity contribution in [3.05, 3.63) is 40.1 Å². The molecule has 1 aliphatic rings. The van der Waals surface area contributed by atoms with E-state index in [9.17, 15) is 14.0 Å². The van der Waals surface area contributed by atoms with Crippen LogP contribution in [0.2, 0.25) is 0 Å². The summed E-state index contributed by atoms with van der Waals surface area (Å²) >= 11 is 1.65. The number of carbonyl (C=O) groups excluding carboxylic acids is 2. The quantitative estimate of drug-likeness (QED) is 0.687. The minimum absolute atomic E-state index is 0.0413. The van der Waals surface area contributed by atoms with E-state index >= 15 is 0 Å². The molecular formula is C22H29FN4O3S. The van der Waals surface area contributed by atoms with Crippen LogP contribution >= 0.6 is 11.3 Å². The normalized spacial score (nSPS) is 15.5. The largest absolute Gasteiger partial charge is 0.444 e. The van der Waals surface area contributed by atoms with E-state index in [4.69, 9.17) is 4.74 Å². The second kappa shape index (κ2) is 9.74. The molecule has 1 saturated heterocycles. The Morgan fingerprint density at radius 1 is 1.26 bits per heavy atom. The number of nitrogens with one attached hydrogen (secondary N) is 2. The van der Waals surface area contributed by atoms with E-state index < -0.39 is 17.5 Å². The van der Waals surface area contributed by atoms with Crippen LogP contribution in [0.25, 0.3) is 0 Å². The van der Waals surface area contributed by atoms with Gasteiger partial charge in [0.1, 0.15) is 11.4 Å². The lowest BCUT2D eigenvalue weighted by atomic mass is 9.95. The van der Waals surface area contributed by atoms with Crippen molar-refractivity contribution in [3.8, 4) is 0 Å². The van der Waals surface area contributed by atoms with E-state index in [1.54, 1.807) is 32.1 Å². The predicted molar refractivity (Wildman–Crippen MR) is 120 cm³/mol. The highest BCUT2D eigenvalue weighted by molar-refractivity contribution is 7.09. The molecule has 2 amide bonds. The van der Waals surface area contributed by atoms with Crippen LogP contribution in [0.5, 0.6) is 0 Å². The number of likely N-dealkylation sites (tertiary alicyclic amines) is 1. The van der Waals surface area contributed by atoms with Gasteiger partial charge in [-0.15, -0.1) is 11.3 Å². The Morgan fingerprint density at radius 2 is 1.97 bits per heavy atom. The van der Waals surface area contributed by atoms with Gasteiger partial charge in [-0.25, -0.2) is 14.2 Å². The van der Waals surface area contributed by atoms with Crippen molar-refractivity contribution in [1.29, 1.82) is 0 Å². The summed E-state index contributed by atoms with van der Waals surface area (Å²) in [5.41, 5.74) is 0.763. The number of thiazole rings is 1. The van der Waals surface area contributed by atoms with Crippen LogP contribution in [0.4, 0.5) is 20.6 Å². The number of benzene rings is 1. The van der Waals surface area contributed by atoms with Crippen molar-refractivity contribution < 1.29 is 18.7 Å². The van der Waals surface area contributed by atoms with E-state index in [-0.39, 0.29) is 17.5 Å². The molecule has 0 bridgehead atoms. The van der Waals surface area contributed by atoms with Crippen LogP contribution in [0.15, 0.2) is 23.6 Å². The molecule has 3 rings (SSSR count). The number of anilines is 2. The standard InChI is InChI=1S/C22H29FN4O3S/c1-14-24-17(13-31-14)12-27-9-7-15(8-10-27)20(28)25-16-5-6-18(23)19(11-16)26-21(29)30-22(2,3)4/h5-6,11,13,15H,7-10,12H2,1-4H3,(H,25,28)(H,26,29). The number of aromatic nitrogens is 1. The molecule has 168 valence electrons. The van der Waals surface area contributed by atoms with Gasteiger partial charge >= 0.3 is 6.09 Å². The van der Waals surface area contributed by atoms with Crippen LogP contribution in [0, 0.1) is 18.7 Å². The van der Waals surface area contributed by atoms with Gasteiger partial charge < -0.3 is 10.1 Å². The molecule has 7 nitrogen and oxygen atoms in total. The summed E-state index contributed by atoms with van der Waals surface area (Å²) in [4.78, 5) is 31.4. The fourth-order valence-electron chi connectivity index (χ4n) is 3.42. The number of piperidine rings is 1. The number of hydrogen-bond donors (Lipinski definition) is 2. The molecule has 31 heavy (non-hydrogen) atoms. The molecular weight excluding hydrogens is 419 g/mol. The summed E-state index contributed by atoms with van der Waals surface area (Å²) < 4.78 is 19.2. The second-order valence-corrected chi connectivity index (χ2v) is 9.78. The number of ether oxygens (including phenoxy) is 1. The van der Waals surface area contributed by atoms with Gasteiger partial charge in [-0.05, 0) is 71.8 Å². The van der Waals surface area contributed by atoms with Crippen molar-refractivity contribution >= 4 is 34.7 Å². The van der Waals surface area contributed by atoms with Crippen LogP contribution in [-0.2, 0) is 16.1 Å². The first kappa shape index (κ1) is 23.1. The molecule has 0 saturated carbocycles. The van der Waals surface area contributed by atoms with Gasteiger partial charge in [-0.1, -0.05) is 0 Å². The molecule has 0 spiro atoms. The fourth-order valence-corrected chi connectivity index (χ4v) is 4.02. The zero-order chi connectivity index (χ0) is 22.6. The third kappa shape index (κ3) is 7.00. The minimum Gasteiger partial charge on any atom is -0.444 e. The minimum atomic E-state index is -0.752. The highest BCUT2D eigenvalue weighted by Crippen LogP contribution is 2.24. The molecule has 1 fully saturated rings. The second-order valence-electron chi connectivity index (χ2n) is 8.72. The molecule has 9 heteroatoms. The third-order valence-corrected chi connectivity index (χ3v) is 5.70. The topological polar surface area (TPSA) is 83.6 Å². The van der Waals surface area contributed by atoms with Crippen molar-refractivity contribution in [1.82, 2.24) is 9.88 Å². The van der Waals surface area contributed by atoms with Crippen LogP contribution < -0.4 is 10.6 Å². The molecule has 2 N–H and O–H groups in total. The molecule has 1 aliphatic heterocycles. The molecule has 2 aromatic rings. The first-order valence-corrected chi connectivity index (χ1v) is 11.2. The van der Waals surface area contributed by atoms with Crippen molar-refractivity contribution in [2.45, 2.75) is 52.7 Å². The van der Waals surface area contributed by atoms with Crippen LogP contribution in [0.3, 0.4) is 0 Å². The van der Waals surface area contributed by atoms with Crippen molar-refractivity contribution in [2.24, 2.45) is 5.92 Å². The summed E-state index contributed by atoms with van der Waals surface area (Å²) in [6.45, 7) is 9.62. The summed E-state index contributed by atoms with van der Waals surface area (Å²) in [6.07, 6.45) is 0.746. The zero-order valence-electron chi connectivity index (χ0n) is 18.3. The van der Waals surface area contributed by atoms with E-state index in [1.807, 2.05) is 6.92 Å². The van der Waals surface area contributed by atoms with Gasteiger partial charge in [0.2, 0.25) is 5.91 Å². The highest BCUT2D eigenvalue weighted by atomic mass is 32.1. The predicted octanol–water partition coefficient (Wildman–Crippen LogP) is 4.79. The smallest absolute Gasteiger partial charge is 0.412 e. The van der Waals surface area contributed by atoms with Gasteiger partial charge in [0.25, 0.3) is 0 Å². The van der Waals surface area contributed by atoms with Gasteiger partial charge in [0.15, 0.2) is 0 Å². The summed E-state index contributed by atoms with van der Waals surface area (Å²) in [5, 5.41) is 8.37. The molecule has 0 unspecified atom stereocenters. The lowest BCUT2D eigenvalue weighted by molar-refractivity contribution is -0.121. The number of nitrogens with zero attached hydrogens (tertiary/aromatic N) is 2. The van der Waals surface area contributed by atoms with Crippen molar-refractivity contribution in [2.75, 3.05) is 23.7 Å². The Kier molecular flexibility index (Phi) is 7.27. The maximum absolute atomic E-state index is 14.1. The average Bonchev–Trinajstić information content (AvgIpc) is 3.08. The maximum atomic E-state index is 14.1. The average molecular weight is 449 g/mol. The fraction of sp³-hybridized carbons (Fsp3) is 0.500. The zero-order valence-corrected chi connectivity index (χ0v) is 19.1. The Labute approximate surface area is 186 Å². The highest BCUT2D eigenvalue weighted by Gasteiger charge is 2.26. The first-order valence-electron chi connectivity index (χ1n) is 10.3. The molecule has 1 aromatic heterocycles. The van der Waals surface area contributed by atoms with Gasteiger partial charge in [-0.2, -0.15) is 0 Å². The number of carbonyl (C=O) groups is 2. The number of rotatable bonds is 5. The molecule has 0 atom stereocenters.